The van der Waals surface area contributed by atoms with Crippen LogP contribution < -0.4 is 15.2 Å². The second kappa shape index (κ2) is 8.39. The number of hydrogen-bond acceptors (Lipinski definition) is 6. The maximum absolute atomic E-state index is 13.0. The highest BCUT2D eigenvalue weighted by molar-refractivity contribution is 5.78. The molecule has 0 fully saturated rings. The molecule has 2 heterocycles. The van der Waals surface area contributed by atoms with Crippen LogP contribution in [0, 0.1) is 0 Å². The van der Waals surface area contributed by atoms with Crippen LogP contribution in [0.4, 0.5) is 0 Å². The Bertz CT molecular complexity index is 785. The first-order chi connectivity index (χ1) is 13.0. The lowest BCUT2D eigenvalue weighted by Gasteiger charge is -2.30. The van der Waals surface area contributed by atoms with E-state index in [1.165, 1.54) is 0 Å². The molecule has 2 aromatic rings. The fraction of sp³-hybridized carbons (Fsp3) is 0.526. The molecule has 0 saturated heterocycles. The van der Waals surface area contributed by atoms with Gasteiger partial charge >= 0.3 is 0 Å². The molecule has 1 aromatic carbocycles. The number of nitrogens with two attached hydrogens (primary N) is 1. The van der Waals surface area contributed by atoms with Crippen molar-refractivity contribution in [1.29, 1.82) is 0 Å². The Labute approximate surface area is 159 Å². The molecule has 1 aliphatic heterocycles. The van der Waals surface area contributed by atoms with Crippen LogP contribution in [0.2, 0.25) is 0 Å². The van der Waals surface area contributed by atoms with Gasteiger partial charge in [-0.25, -0.2) is 4.98 Å². The van der Waals surface area contributed by atoms with Gasteiger partial charge in [-0.05, 0) is 37.5 Å². The molecule has 146 valence electrons. The van der Waals surface area contributed by atoms with Gasteiger partial charge in [0.05, 0.1) is 12.5 Å². The van der Waals surface area contributed by atoms with Crippen molar-refractivity contribution in [3.63, 3.8) is 0 Å². The van der Waals surface area contributed by atoms with Gasteiger partial charge in [0.15, 0.2) is 17.3 Å². The predicted octanol–water partition coefficient (Wildman–Crippen LogP) is 2.31. The van der Waals surface area contributed by atoms with E-state index in [-0.39, 0.29) is 31.2 Å². The fourth-order valence-electron chi connectivity index (χ4n) is 3.22. The second-order valence-electron chi connectivity index (χ2n) is 6.79. The minimum atomic E-state index is -0.270. The first-order valence-electron chi connectivity index (χ1n) is 9.36. The largest absolute Gasteiger partial charge is 0.454 e. The Morgan fingerprint density at radius 2 is 2.04 bits per heavy atom. The second-order valence-corrected chi connectivity index (χ2v) is 6.79. The average Bonchev–Trinajstić information content (AvgIpc) is 3.30. The number of carbonyl (C=O) groups excluding carboxylic acids is 1. The lowest BCUT2D eigenvalue weighted by molar-refractivity contribution is -0.133. The Balaban J connectivity index is 1.76. The highest BCUT2D eigenvalue weighted by atomic mass is 16.7. The maximum atomic E-state index is 13.0. The van der Waals surface area contributed by atoms with Crippen LogP contribution in [-0.4, -0.2) is 38.8 Å². The van der Waals surface area contributed by atoms with Crippen LogP contribution in [0.15, 0.2) is 18.2 Å². The predicted molar refractivity (Wildman–Crippen MR) is 100 cm³/mol. The topological polar surface area (TPSA) is 106 Å². The minimum Gasteiger partial charge on any atom is -0.454 e. The molecule has 1 atom stereocenters. The summed E-state index contributed by atoms with van der Waals surface area (Å²) in [4.78, 5) is 19.3. The molecule has 1 unspecified atom stereocenters. The number of aromatic amines is 1. The molecule has 8 heteroatoms. The van der Waals surface area contributed by atoms with Crippen molar-refractivity contribution in [3.8, 4) is 11.5 Å². The van der Waals surface area contributed by atoms with Crippen molar-refractivity contribution in [1.82, 2.24) is 20.1 Å². The van der Waals surface area contributed by atoms with E-state index < -0.39 is 0 Å². The highest BCUT2D eigenvalue weighted by Gasteiger charge is 2.24. The van der Waals surface area contributed by atoms with Gasteiger partial charge in [-0.15, -0.1) is 0 Å². The lowest BCUT2D eigenvalue weighted by atomic mass is 10.1. The van der Waals surface area contributed by atoms with Gasteiger partial charge in [-0.3, -0.25) is 9.89 Å². The normalized spacial score (nSPS) is 13.8. The Morgan fingerprint density at radius 3 is 2.70 bits per heavy atom. The molecule has 0 aliphatic carbocycles. The molecule has 8 nitrogen and oxygen atoms in total. The van der Waals surface area contributed by atoms with Crippen LogP contribution in [0.1, 0.15) is 56.9 Å². The summed E-state index contributed by atoms with van der Waals surface area (Å²) < 4.78 is 10.8. The average molecular weight is 373 g/mol. The van der Waals surface area contributed by atoms with Gasteiger partial charge in [-0.2, -0.15) is 5.10 Å². The molecule has 1 amide bonds. The van der Waals surface area contributed by atoms with E-state index in [1.807, 2.05) is 30.0 Å². The van der Waals surface area contributed by atoms with Crippen molar-refractivity contribution in [2.45, 2.75) is 58.7 Å². The van der Waals surface area contributed by atoms with E-state index in [4.69, 9.17) is 15.2 Å². The number of aromatic nitrogens is 3. The maximum Gasteiger partial charge on any atom is 0.231 e. The zero-order valence-corrected chi connectivity index (χ0v) is 16.1. The summed E-state index contributed by atoms with van der Waals surface area (Å²) in [6.45, 7) is 6.75. The lowest BCUT2D eigenvalue weighted by Crippen LogP contribution is -2.40. The molecule has 0 saturated carbocycles. The van der Waals surface area contributed by atoms with Crippen LogP contribution in [0.5, 0.6) is 11.5 Å². The van der Waals surface area contributed by atoms with Gasteiger partial charge in [0.25, 0.3) is 0 Å². The third-order valence-electron chi connectivity index (χ3n) is 4.77. The summed E-state index contributed by atoms with van der Waals surface area (Å²) in [6.07, 6.45) is 1.93. The van der Waals surface area contributed by atoms with Gasteiger partial charge in [-0.1, -0.05) is 19.9 Å². The number of benzene rings is 1. The van der Waals surface area contributed by atoms with E-state index in [2.05, 4.69) is 29.0 Å². The van der Waals surface area contributed by atoms with E-state index in [0.29, 0.717) is 18.2 Å². The number of nitrogens with one attached hydrogen (secondary N) is 1. The molecule has 0 spiro atoms. The van der Waals surface area contributed by atoms with E-state index in [0.717, 1.165) is 29.9 Å². The smallest absolute Gasteiger partial charge is 0.231 e. The summed E-state index contributed by atoms with van der Waals surface area (Å²) in [5, 5.41) is 6.89. The first kappa shape index (κ1) is 19.2. The van der Waals surface area contributed by atoms with Gasteiger partial charge in [0, 0.05) is 12.6 Å². The Hall–Kier alpha value is -2.61. The van der Waals surface area contributed by atoms with Gasteiger partial charge < -0.3 is 20.1 Å². The number of ether oxygens (including phenoxy) is 2. The van der Waals surface area contributed by atoms with E-state index >= 15 is 0 Å². The standard InChI is InChI=1S/C19H27N5O3/c1-4-14(5-2)24(10-13-6-7-15-16(8-13)27-11-26-15)18(25)9-17-21-19(12(3)20)23-22-17/h6-8,12,14H,4-5,9-11,20H2,1-3H3,(H,21,22,23). The van der Waals surface area contributed by atoms with Crippen LogP contribution in [0.3, 0.4) is 0 Å². The zero-order chi connectivity index (χ0) is 19.4. The summed E-state index contributed by atoms with van der Waals surface area (Å²) >= 11 is 0. The third-order valence-corrected chi connectivity index (χ3v) is 4.77. The molecule has 3 rings (SSSR count). The van der Waals surface area contributed by atoms with Crippen LogP contribution >= 0.6 is 0 Å². The minimum absolute atomic E-state index is 0.00809. The van der Waals surface area contributed by atoms with E-state index in [1.54, 1.807) is 0 Å². The third kappa shape index (κ3) is 4.39. The van der Waals surface area contributed by atoms with Crippen molar-refractivity contribution in [2.75, 3.05) is 6.79 Å². The van der Waals surface area contributed by atoms with Crippen molar-refractivity contribution in [2.24, 2.45) is 5.73 Å². The monoisotopic (exact) mass is 373 g/mol. The summed E-state index contributed by atoms with van der Waals surface area (Å²) in [7, 11) is 0. The molecule has 1 aliphatic rings. The molecular formula is C19H27N5O3. The number of H-pyrrole nitrogens is 1. The number of nitrogens with zero attached hydrogens (tertiary/aromatic N) is 3. The summed E-state index contributed by atoms with van der Waals surface area (Å²) in [5.74, 6) is 2.52. The number of rotatable bonds is 8. The van der Waals surface area contributed by atoms with E-state index in [9.17, 15) is 4.79 Å². The molecule has 0 bridgehead atoms. The van der Waals surface area contributed by atoms with Crippen LogP contribution in [0.25, 0.3) is 0 Å². The first-order valence-corrected chi connectivity index (χ1v) is 9.36. The van der Waals surface area contributed by atoms with Crippen molar-refractivity contribution >= 4 is 5.91 Å². The Kier molecular flexibility index (Phi) is 5.95. The molecular weight excluding hydrogens is 346 g/mol. The molecule has 1 aromatic heterocycles. The quantitative estimate of drug-likeness (QED) is 0.735. The van der Waals surface area contributed by atoms with Crippen molar-refractivity contribution in [3.05, 3.63) is 35.4 Å². The number of hydrogen-bond donors (Lipinski definition) is 2. The summed E-state index contributed by atoms with van der Waals surface area (Å²) in [5.41, 5.74) is 6.80. The Morgan fingerprint density at radius 1 is 1.30 bits per heavy atom. The fourth-order valence-corrected chi connectivity index (χ4v) is 3.22. The SMILES string of the molecule is CCC(CC)N(Cc1ccc2c(c1)OCO2)C(=O)Cc1nc(C(C)N)n[nH]1. The number of amides is 1. The van der Waals surface area contributed by atoms with Crippen molar-refractivity contribution < 1.29 is 14.3 Å². The molecule has 27 heavy (non-hydrogen) atoms. The number of fused-ring (bicyclic) bond motifs is 1. The van der Waals surface area contributed by atoms with Gasteiger partial charge in [0.1, 0.15) is 5.82 Å². The highest BCUT2D eigenvalue weighted by Crippen LogP contribution is 2.33. The van der Waals surface area contributed by atoms with Crippen LogP contribution in [-0.2, 0) is 17.8 Å². The summed E-state index contributed by atoms with van der Waals surface area (Å²) in [6, 6.07) is 5.68. The van der Waals surface area contributed by atoms with Gasteiger partial charge in [0.2, 0.25) is 12.7 Å². The number of carbonyl (C=O) groups is 1. The molecule has 0 radical (unpaired) electrons. The zero-order valence-electron chi connectivity index (χ0n) is 16.1. The molecule has 3 N–H and O–H groups in total.